The van der Waals surface area contributed by atoms with Gasteiger partial charge in [-0.3, -0.25) is 0 Å². The van der Waals surface area contributed by atoms with Crippen LogP contribution < -0.4 is 0 Å². The molecule has 2 atom stereocenters. The Morgan fingerprint density at radius 1 is 0.824 bits per heavy atom. The smallest absolute Gasteiger partial charge is 0.0699 e. The van der Waals surface area contributed by atoms with Gasteiger partial charge in [-0.15, -0.1) is 0 Å². The molecule has 0 spiro atoms. The number of rotatable bonds is 8. The minimum atomic E-state index is -0.0478. The molecule has 0 saturated heterocycles. The average molecular weight is 236 g/mol. The molecule has 2 unspecified atom stereocenters. The lowest BCUT2D eigenvalue weighted by molar-refractivity contribution is 0.0864. The van der Waals surface area contributed by atoms with Gasteiger partial charge in [0, 0.05) is 0 Å². The predicted octanol–water partition coefficient (Wildman–Crippen LogP) is 3.37. The summed E-state index contributed by atoms with van der Waals surface area (Å²) < 4.78 is 5.50. The lowest BCUT2D eigenvalue weighted by atomic mass is 9.98. The summed E-state index contributed by atoms with van der Waals surface area (Å²) in [5.74, 6) is 0.915. The molecule has 0 saturated carbocycles. The molecule has 3 nitrogen and oxygen atoms in total. The van der Waals surface area contributed by atoms with Gasteiger partial charge in [0.1, 0.15) is 0 Å². The lowest BCUT2D eigenvalue weighted by Crippen LogP contribution is -2.16. The van der Waals surface area contributed by atoms with E-state index in [1.807, 2.05) is 0 Å². The van der Waals surface area contributed by atoms with E-state index in [4.69, 9.17) is 15.3 Å². The van der Waals surface area contributed by atoms with Crippen LogP contribution in [0.3, 0.4) is 0 Å². The Bertz CT molecular complexity index is 245. The Morgan fingerprint density at radius 2 is 1.18 bits per heavy atom. The standard InChI is InChI=1S/C14H24N2O/c1-11(2)5-13(7-15)9-17-10-14(8-16)6-12(3)4/h11-14H,5-6,9-10H2,1-4H3. The summed E-state index contributed by atoms with van der Waals surface area (Å²) in [6.45, 7) is 9.29. The maximum absolute atomic E-state index is 8.95. The van der Waals surface area contributed by atoms with Crippen LogP contribution in [0.2, 0.25) is 0 Å². The average Bonchev–Trinajstić information content (AvgIpc) is 2.25. The van der Waals surface area contributed by atoms with E-state index < -0.39 is 0 Å². The summed E-state index contributed by atoms with van der Waals surface area (Å²) in [6.07, 6.45) is 1.72. The summed E-state index contributed by atoms with van der Waals surface area (Å²) in [5, 5.41) is 17.9. The van der Waals surface area contributed by atoms with E-state index in [0.717, 1.165) is 12.8 Å². The van der Waals surface area contributed by atoms with Crippen LogP contribution in [-0.2, 0) is 4.74 Å². The van der Waals surface area contributed by atoms with Gasteiger partial charge in [-0.1, -0.05) is 27.7 Å². The van der Waals surface area contributed by atoms with Crippen molar-refractivity contribution >= 4 is 0 Å². The maximum atomic E-state index is 8.95. The molecule has 0 heterocycles. The van der Waals surface area contributed by atoms with Gasteiger partial charge in [0.25, 0.3) is 0 Å². The van der Waals surface area contributed by atoms with Crippen molar-refractivity contribution in [1.82, 2.24) is 0 Å². The lowest BCUT2D eigenvalue weighted by Gasteiger charge is -2.15. The quantitative estimate of drug-likeness (QED) is 0.649. The van der Waals surface area contributed by atoms with Gasteiger partial charge in [-0.25, -0.2) is 0 Å². The molecular weight excluding hydrogens is 212 g/mol. The Balaban J connectivity index is 3.87. The molecule has 0 radical (unpaired) electrons. The second-order valence-electron chi connectivity index (χ2n) is 5.45. The van der Waals surface area contributed by atoms with E-state index in [1.54, 1.807) is 0 Å². The zero-order valence-electron chi connectivity index (χ0n) is 11.4. The van der Waals surface area contributed by atoms with E-state index in [1.165, 1.54) is 0 Å². The Morgan fingerprint density at radius 3 is 1.41 bits per heavy atom. The summed E-state index contributed by atoms with van der Waals surface area (Å²) in [7, 11) is 0. The molecule has 3 heteroatoms. The third kappa shape index (κ3) is 8.72. The van der Waals surface area contributed by atoms with E-state index in [0.29, 0.717) is 25.0 Å². The molecule has 0 aromatic carbocycles. The molecule has 0 N–H and O–H groups in total. The highest BCUT2D eigenvalue weighted by molar-refractivity contribution is 4.85. The number of hydrogen-bond donors (Lipinski definition) is 0. The summed E-state index contributed by atoms with van der Waals surface area (Å²) in [6, 6.07) is 4.52. The highest BCUT2D eigenvalue weighted by Gasteiger charge is 2.13. The molecule has 0 aliphatic carbocycles. The second kappa shape index (κ2) is 9.02. The van der Waals surface area contributed by atoms with Crippen LogP contribution in [0.5, 0.6) is 0 Å². The van der Waals surface area contributed by atoms with Gasteiger partial charge in [-0.05, 0) is 24.7 Å². The van der Waals surface area contributed by atoms with Gasteiger partial charge in [-0.2, -0.15) is 10.5 Å². The highest BCUT2D eigenvalue weighted by Crippen LogP contribution is 2.14. The Hall–Kier alpha value is -1.06. The zero-order chi connectivity index (χ0) is 13.3. The van der Waals surface area contributed by atoms with Crippen molar-refractivity contribution in [3.63, 3.8) is 0 Å². The van der Waals surface area contributed by atoms with Crippen molar-refractivity contribution in [3.05, 3.63) is 0 Å². The van der Waals surface area contributed by atoms with Crippen LogP contribution in [-0.4, -0.2) is 13.2 Å². The van der Waals surface area contributed by atoms with Crippen molar-refractivity contribution in [1.29, 1.82) is 10.5 Å². The number of nitriles is 2. The fourth-order valence-electron chi connectivity index (χ4n) is 1.81. The first-order valence-corrected chi connectivity index (χ1v) is 6.36. The summed E-state index contributed by atoms with van der Waals surface area (Å²) >= 11 is 0. The van der Waals surface area contributed by atoms with Crippen molar-refractivity contribution in [2.45, 2.75) is 40.5 Å². The van der Waals surface area contributed by atoms with Crippen molar-refractivity contribution in [2.75, 3.05) is 13.2 Å². The Kier molecular flexibility index (Phi) is 8.46. The molecule has 0 amide bonds. The first kappa shape index (κ1) is 15.9. The first-order chi connectivity index (χ1) is 7.99. The molecule has 0 fully saturated rings. The van der Waals surface area contributed by atoms with Gasteiger partial charge < -0.3 is 4.74 Å². The monoisotopic (exact) mass is 236 g/mol. The largest absolute Gasteiger partial charge is 0.379 e. The summed E-state index contributed by atoms with van der Waals surface area (Å²) in [5.41, 5.74) is 0. The number of ether oxygens (including phenoxy) is 1. The Labute approximate surface area is 105 Å². The van der Waals surface area contributed by atoms with Gasteiger partial charge in [0.15, 0.2) is 0 Å². The van der Waals surface area contributed by atoms with Crippen LogP contribution in [0.15, 0.2) is 0 Å². The molecule has 96 valence electrons. The molecule has 0 aromatic heterocycles. The van der Waals surface area contributed by atoms with Crippen molar-refractivity contribution < 1.29 is 4.74 Å². The number of hydrogen-bond acceptors (Lipinski definition) is 3. The molecule has 0 aliphatic heterocycles. The second-order valence-corrected chi connectivity index (χ2v) is 5.45. The fourth-order valence-corrected chi connectivity index (χ4v) is 1.81. The van der Waals surface area contributed by atoms with Gasteiger partial charge in [0.05, 0.1) is 37.2 Å². The van der Waals surface area contributed by atoms with Crippen LogP contribution in [0.25, 0.3) is 0 Å². The first-order valence-electron chi connectivity index (χ1n) is 6.36. The van der Waals surface area contributed by atoms with E-state index in [-0.39, 0.29) is 11.8 Å². The van der Waals surface area contributed by atoms with Crippen molar-refractivity contribution in [2.24, 2.45) is 23.7 Å². The molecule has 0 bridgehead atoms. The third-order valence-corrected chi connectivity index (χ3v) is 2.52. The van der Waals surface area contributed by atoms with E-state index >= 15 is 0 Å². The van der Waals surface area contributed by atoms with Crippen LogP contribution in [0, 0.1) is 46.3 Å². The van der Waals surface area contributed by atoms with Crippen LogP contribution in [0.4, 0.5) is 0 Å². The predicted molar refractivity (Wildman–Crippen MR) is 67.9 cm³/mol. The topological polar surface area (TPSA) is 56.8 Å². The minimum absolute atomic E-state index is 0.0478. The zero-order valence-corrected chi connectivity index (χ0v) is 11.4. The van der Waals surface area contributed by atoms with Crippen molar-refractivity contribution in [3.8, 4) is 12.1 Å². The van der Waals surface area contributed by atoms with E-state index in [2.05, 4.69) is 39.8 Å². The highest BCUT2D eigenvalue weighted by atomic mass is 16.5. The molecular formula is C14H24N2O. The minimum Gasteiger partial charge on any atom is -0.379 e. The fraction of sp³-hybridized carbons (Fsp3) is 0.857. The third-order valence-electron chi connectivity index (χ3n) is 2.52. The van der Waals surface area contributed by atoms with Gasteiger partial charge >= 0.3 is 0 Å². The number of nitrogens with zero attached hydrogens (tertiary/aromatic N) is 2. The normalized spacial score (nSPS) is 14.4. The summed E-state index contributed by atoms with van der Waals surface area (Å²) in [4.78, 5) is 0. The van der Waals surface area contributed by atoms with Crippen LogP contribution >= 0.6 is 0 Å². The van der Waals surface area contributed by atoms with Crippen LogP contribution in [0.1, 0.15) is 40.5 Å². The SMILES string of the molecule is CC(C)CC(C#N)COCC(C#N)CC(C)C. The molecule has 0 aromatic rings. The molecule has 0 rings (SSSR count). The molecule has 0 aliphatic rings. The molecule has 17 heavy (non-hydrogen) atoms. The van der Waals surface area contributed by atoms with E-state index in [9.17, 15) is 0 Å². The maximum Gasteiger partial charge on any atom is 0.0699 e. The van der Waals surface area contributed by atoms with Gasteiger partial charge in [0.2, 0.25) is 0 Å².